The van der Waals surface area contributed by atoms with Crippen molar-refractivity contribution in [1.82, 2.24) is 9.80 Å². The Morgan fingerprint density at radius 3 is 2.17 bits per heavy atom. The van der Waals surface area contributed by atoms with E-state index in [-0.39, 0.29) is 0 Å². The molecular weight excluding hydrogens is 396 g/mol. The first kappa shape index (κ1) is 23.2. The molecule has 0 atom stereocenters. The van der Waals surface area contributed by atoms with Gasteiger partial charge in [-0.1, -0.05) is 49.4 Å². The van der Waals surface area contributed by atoms with Crippen molar-refractivity contribution in [3.8, 4) is 0 Å². The molecule has 1 aromatic rings. The van der Waals surface area contributed by atoms with Crippen LogP contribution in [0.3, 0.4) is 0 Å². The quantitative estimate of drug-likeness (QED) is 0.705. The number of amides is 1. The molecule has 0 spiro atoms. The van der Waals surface area contributed by atoms with Crippen molar-refractivity contribution in [2.24, 2.45) is 5.92 Å². The largest absolute Gasteiger partial charge is 0.473 e. The van der Waals surface area contributed by atoms with Crippen molar-refractivity contribution in [2.45, 2.75) is 45.1 Å². The number of nitrogens with zero attached hydrogens (tertiary/aromatic N) is 2. The maximum absolute atomic E-state index is 12.4. The van der Waals surface area contributed by atoms with Gasteiger partial charge in [-0.05, 0) is 30.0 Å². The number of carboxylic acids is 2. The second-order valence-corrected chi connectivity index (χ2v) is 8.02. The zero-order valence-corrected chi connectivity index (χ0v) is 17.3. The Bertz CT molecular complexity index is 686. The Hall–Kier alpha value is -2.12. The Balaban J connectivity index is 0.000000438. The molecule has 7 nitrogen and oxygen atoms in total. The highest BCUT2D eigenvalue weighted by Gasteiger charge is 2.22. The van der Waals surface area contributed by atoms with Crippen LogP contribution in [0.4, 0.5) is 0 Å². The van der Waals surface area contributed by atoms with Crippen LogP contribution < -0.4 is 0 Å². The molecule has 3 rings (SSSR count). The van der Waals surface area contributed by atoms with E-state index in [0.29, 0.717) is 5.91 Å². The maximum atomic E-state index is 12.4. The summed E-state index contributed by atoms with van der Waals surface area (Å²) >= 11 is 6.04. The fraction of sp³-hybridized carbons (Fsp3) is 0.571. The highest BCUT2D eigenvalue weighted by molar-refractivity contribution is 6.30. The van der Waals surface area contributed by atoms with Crippen molar-refractivity contribution in [3.05, 3.63) is 34.9 Å². The number of aliphatic carboxylic acids is 2. The Kier molecular flexibility index (Phi) is 9.41. The van der Waals surface area contributed by atoms with E-state index in [1.54, 1.807) is 0 Å². The van der Waals surface area contributed by atoms with E-state index in [4.69, 9.17) is 31.4 Å². The van der Waals surface area contributed by atoms with Crippen molar-refractivity contribution in [2.75, 3.05) is 26.2 Å². The molecule has 0 bridgehead atoms. The van der Waals surface area contributed by atoms with E-state index >= 15 is 0 Å². The Morgan fingerprint density at radius 1 is 1.00 bits per heavy atom. The number of hydrogen-bond acceptors (Lipinski definition) is 4. The van der Waals surface area contributed by atoms with Crippen LogP contribution in [0.5, 0.6) is 0 Å². The first-order valence-electron chi connectivity index (χ1n) is 10.1. The molecule has 29 heavy (non-hydrogen) atoms. The Morgan fingerprint density at radius 2 is 1.62 bits per heavy atom. The second kappa shape index (κ2) is 11.8. The fourth-order valence-corrected chi connectivity index (χ4v) is 4.05. The molecule has 0 unspecified atom stereocenters. The second-order valence-electron chi connectivity index (χ2n) is 7.59. The smallest absolute Gasteiger partial charge is 0.414 e. The summed E-state index contributed by atoms with van der Waals surface area (Å²) in [6, 6.07) is 8.05. The van der Waals surface area contributed by atoms with E-state index in [2.05, 4.69) is 15.9 Å². The zero-order valence-electron chi connectivity index (χ0n) is 16.6. The first-order chi connectivity index (χ1) is 13.8. The standard InChI is InChI=1S/C19H27ClN2O.C2H2O4/c20-18-7-3-6-17(14-18)15-21-10-12-22(13-11-21)19(23)9-8-16-4-1-2-5-16;3-1(4)2(5)6/h3,6-7,14,16H,1-2,4-5,8-13,15H2;(H,3,4)(H,5,6). The zero-order chi connectivity index (χ0) is 21.2. The molecular formula is C21H29ClN2O5. The average molecular weight is 425 g/mol. The van der Waals surface area contributed by atoms with Crippen molar-refractivity contribution in [3.63, 3.8) is 0 Å². The van der Waals surface area contributed by atoms with Gasteiger partial charge in [-0.2, -0.15) is 0 Å². The third kappa shape index (κ3) is 8.41. The average Bonchev–Trinajstić information content (AvgIpc) is 3.21. The first-order valence-corrected chi connectivity index (χ1v) is 10.4. The van der Waals surface area contributed by atoms with E-state index in [1.165, 1.54) is 31.2 Å². The summed E-state index contributed by atoms with van der Waals surface area (Å²) in [7, 11) is 0. The summed E-state index contributed by atoms with van der Waals surface area (Å²) < 4.78 is 0. The molecule has 2 N–H and O–H groups in total. The summed E-state index contributed by atoms with van der Waals surface area (Å²) in [5.41, 5.74) is 1.25. The third-order valence-corrected chi connectivity index (χ3v) is 5.68. The van der Waals surface area contributed by atoms with Gasteiger partial charge in [0.1, 0.15) is 0 Å². The lowest BCUT2D eigenvalue weighted by Gasteiger charge is -2.35. The fourth-order valence-electron chi connectivity index (χ4n) is 3.83. The molecule has 1 aromatic carbocycles. The normalized spacial score (nSPS) is 17.5. The summed E-state index contributed by atoms with van der Waals surface area (Å²) in [6.45, 7) is 4.57. The number of piperazine rings is 1. The lowest BCUT2D eigenvalue weighted by molar-refractivity contribution is -0.159. The topological polar surface area (TPSA) is 98.2 Å². The number of carbonyl (C=O) groups is 3. The van der Waals surface area contributed by atoms with Gasteiger partial charge in [0.15, 0.2) is 0 Å². The predicted molar refractivity (Wildman–Crippen MR) is 110 cm³/mol. The van der Waals surface area contributed by atoms with E-state index in [1.807, 2.05) is 18.2 Å². The molecule has 1 amide bonds. The monoisotopic (exact) mass is 424 g/mol. The SMILES string of the molecule is O=C(CCC1CCCC1)N1CCN(Cc2cccc(Cl)c2)CC1.O=C(O)C(=O)O. The van der Waals surface area contributed by atoms with Crippen LogP contribution in [0.25, 0.3) is 0 Å². The number of carboxylic acid groups (broad SMARTS) is 2. The van der Waals surface area contributed by atoms with Crippen molar-refractivity contribution >= 4 is 29.4 Å². The lowest BCUT2D eigenvalue weighted by atomic mass is 10.0. The van der Waals surface area contributed by atoms with Gasteiger partial charge < -0.3 is 15.1 Å². The van der Waals surface area contributed by atoms with Gasteiger partial charge in [-0.25, -0.2) is 9.59 Å². The van der Waals surface area contributed by atoms with Gasteiger partial charge >= 0.3 is 11.9 Å². The van der Waals surface area contributed by atoms with E-state index < -0.39 is 11.9 Å². The van der Waals surface area contributed by atoms with Crippen LogP contribution >= 0.6 is 11.6 Å². The minimum Gasteiger partial charge on any atom is -0.473 e. The van der Waals surface area contributed by atoms with Gasteiger partial charge in [0.2, 0.25) is 5.91 Å². The van der Waals surface area contributed by atoms with Crippen LogP contribution in [-0.4, -0.2) is 64.0 Å². The van der Waals surface area contributed by atoms with Crippen molar-refractivity contribution < 1.29 is 24.6 Å². The van der Waals surface area contributed by atoms with Gasteiger partial charge in [0.05, 0.1) is 0 Å². The predicted octanol–water partition coefficient (Wildman–Crippen LogP) is 3.11. The number of rotatable bonds is 5. The van der Waals surface area contributed by atoms with Crippen LogP contribution in [0, 0.1) is 5.92 Å². The molecule has 0 aromatic heterocycles. The van der Waals surface area contributed by atoms with Gasteiger partial charge in [-0.3, -0.25) is 9.69 Å². The number of hydrogen-bond donors (Lipinski definition) is 2. The van der Waals surface area contributed by atoms with Crippen LogP contribution in [-0.2, 0) is 20.9 Å². The highest BCUT2D eigenvalue weighted by atomic mass is 35.5. The molecule has 2 aliphatic rings. The molecule has 1 saturated carbocycles. The van der Waals surface area contributed by atoms with Crippen LogP contribution in [0.2, 0.25) is 5.02 Å². The molecule has 1 heterocycles. The summed E-state index contributed by atoms with van der Waals surface area (Å²) in [5.74, 6) is -2.48. The van der Waals surface area contributed by atoms with Crippen molar-refractivity contribution in [1.29, 1.82) is 0 Å². The highest BCUT2D eigenvalue weighted by Crippen LogP contribution is 2.28. The molecule has 1 aliphatic heterocycles. The number of benzene rings is 1. The molecule has 2 fully saturated rings. The summed E-state index contributed by atoms with van der Waals surface area (Å²) in [5, 5.41) is 15.6. The Labute approximate surface area is 176 Å². The minimum atomic E-state index is -1.82. The van der Waals surface area contributed by atoms with Gasteiger partial charge in [0, 0.05) is 44.2 Å². The molecule has 8 heteroatoms. The molecule has 160 valence electrons. The molecule has 0 radical (unpaired) electrons. The minimum absolute atomic E-state index is 0.360. The van der Waals surface area contributed by atoms with Gasteiger partial charge in [-0.15, -0.1) is 0 Å². The number of halogens is 1. The number of carbonyl (C=O) groups excluding carboxylic acids is 1. The lowest BCUT2D eigenvalue weighted by Crippen LogP contribution is -2.48. The van der Waals surface area contributed by atoms with E-state index in [0.717, 1.165) is 56.5 Å². The molecule has 1 saturated heterocycles. The van der Waals surface area contributed by atoms with Crippen LogP contribution in [0.15, 0.2) is 24.3 Å². The summed E-state index contributed by atoms with van der Waals surface area (Å²) in [4.78, 5) is 35.0. The van der Waals surface area contributed by atoms with E-state index in [9.17, 15) is 4.79 Å². The third-order valence-electron chi connectivity index (χ3n) is 5.44. The van der Waals surface area contributed by atoms with Crippen LogP contribution in [0.1, 0.15) is 44.1 Å². The van der Waals surface area contributed by atoms with Gasteiger partial charge in [0.25, 0.3) is 0 Å². The maximum Gasteiger partial charge on any atom is 0.414 e. The molecule has 1 aliphatic carbocycles. The summed E-state index contributed by atoms with van der Waals surface area (Å²) in [6.07, 6.45) is 7.24.